The van der Waals surface area contributed by atoms with E-state index in [9.17, 15) is 4.79 Å². The minimum absolute atomic E-state index is 0.247. The molecule has 0 spiro atoms. The maximum absolute atomic E-state index is 12.6. The average molecular weight is 266 g/mol. The third-order valence-corrected chi connectivity index (χ3v) is 5.38. The van der Waals surface area contributed by atoms with Crippen LogP contribution < -0.4 is 11.1 Å². The Bertz CT molecular complexity index is 297. The Kier molecular flexibility index (Phi) is 5.26. The molecule has 2 aliphatic carbocycles. The summed E-state index contributed by atoms with van der Waals surface area (Å²) < 4.78 is 0. The van der Waals surface area contributed by atoms with Gasteiger partial charge in [0.05, 0.1) is 5.41 Å². The van der Waals surface area contributed by atoms with Gasteiger partial charge in [0.25, 0.3) is 0 Å². The van der Waals surface area contributed by atoms with Gasteiger partial charge in [-0.2, -0.15) is 0 Å². The lowest BCUT2D eigenvalue weighted by Crippen LogP contribution is -2.51. The van der Waals surface area contributed by atoms with Crippen LogP contribution in [0.2, 0.25) is 0 Å². The van der Waals surface area contributed by atoms with Crippen LogP contribution in [-0.4, -0.2) is 18.5 Å². The van der Waals surface area contributed by atoms with Crippen molar-refractivity contribution in [3.05, 3.63) is 0 Å². The van der Waals surface area contributed by atoms with Crippen LogP contribution in [-0.2, 0) is 4.79 Å². The molecule has 19 heavy (non-hydrogen) atoms. The number of carbonyl (C=O) groups excluding carboxylic acids is 1. The fourth-order valence-corrected chi connectivity index (χ4v) is 3.88. The molecule has 0 saturated heterocycles. The minimum Gasteiger partial charge on any atom is -0.353 e. The standard InChI is InChI=1S/C16H30N2O/c1-2-13-7-6-8-14(11-13)18-15(19)16(12-17)9-4-3-5-10-16/h13-14H,2-12,17H2,1H3,(H,18,19). The molecule has 110 valence electrons. The van der Waals surface area contributed by atoms with E-state index in [4.69, 9.17) is 5.73 Å². The normalized spacial score (nSPS) is 30.8. The zero-order valence-corrected chi connectivity index (χ0v) is 12.4. The Balaban J connectivity index is 1.91. The molecule has 2 saturated carbocycles. The van der Waals surface area contributed by atoms with E-state index in [0.29, 0.717) is 12.6 Å². The van der Waals surface area contributed by atoms with Crippen molar-refractivity contribution in [1.29, 1.82) is 0 Å². The van der Waals surface area contributed by atoms with Crippen LogP contribution in [0.1, 0.15) is 71.1 Å². The lowest BCUT2D eigenvalue weighted by molar-refractivity contribution is -0.133. The van der Waals surface area contributed by atoms with Gasteiger partial charge in [0.2, 0.25) is 5.91 Å². The Morgan fingerprint density at radius 2 is 1.95 bits per heavy atom. The molecule has 0 radical (unpaired) electrons. The van der Waals surface area contributed by atoms with Gasteiger partial charge in [-0.3, -0.25) is 4.79 Å². The molecule has 0 bridgehead atoms. The van der Waals surface area contributed by atoms with Crippen molar-refractivity contribution in [3.63, 3.8) is 0 Å². The molecule has 2 atom stereocenters. The first kappa shape index (κ1) is 14.8. The SMILES string of the molecule is CCC1CCCC(NC(=O)C2(CN)CCCCC2)C1. The average Bonchev–Trinajstić information content (AvgIpc) is 2.48. The Morgan fingerprint density at radius 1 is 1.21 bits per heavy atom. The summed E-state index contributed by atoms with van der Waals surface area (Å²) in [4.78, 5) is 12.6. The van der Waals surface area contributed by atoms with Crippen molar-refractivity contribution in [2.45, 2.75) is 77.2 Å². The highest BCUT2D eigenvalue weighted by Crippen LogP contribution is 2.36. The number of nitrogens with one attached hydrogen (secondary N) is 1. The maximum Gasteiger partial charge on any atom is 0.227 e. The highest BCUT2D eigenvalue weighted by Gasteiger charge is 2.39. The van der Waals surface area contributed by atoms with Gasteiger partial charge in [0, 0.05) is 12.6 Å². The zero-order chi connectivity index (χ0) is 13.7. The quantitative estimate of drug-likeness (QED) is 0.822. The molecule has 0 aromatic heterocycles. The molecule has 2 rings (SSSR count). The van der Waals surface area contributed by atoms with Crippen molar-refractivity contribution in [3.8, 4) is 0 Å². The van der Waals surface area contributed by atoms with E-state index in [2.05, 4.69) is 12.2 Å². The fraction of sp³-hybridized carbons (Fsp3) is 0.938. The first-order chi connectivity index (χ1) is 9.20. The van der Waals surface area contributed by atoms with E-state index in [-0.39, 0.29) is 11.3 Å². The molecule has 0 aliphatic heterocycles. The molecule has 0 aromatic rings. The Hall–Kier alpha value is -0.570. The Labute approximate surface area is 117 Å². The lowest BCUT2D eigenvalue weighted by Gasteiger charge is -2.37. The topological polar surface area (TPSA) is 55.1 Å². The molecule has 2 fully saturated rings. The molecule has 1 amide bonds. The number of hydrogen-bond donors (Lipinski definition) is 2. The van der Waals surface area contributed by atoms with E-state index < -0.39 is 0 Å². The van der Waals surface area contributed by atoms with Crippen molar-refractivity contribution in [1.82, 2.24) is 5.32 Å². The molecular weight excluding hydrogens is 236 g/mol. The molecule has 3 nitrogen and oxygen atoms in total. The van der Waals surface area contributed by atoms with Crippen LogP contribution in [0, 0.1) is 11.3 Å². The predicted molar refractivity (Wildman–Crippen MR) is 78.8 cm³/mol. The number of amides is 1. The van der Waals surface area contributed by atoms with Crippen molar-refractivity contribution in [2.75, 3.05) is 6.54 Å². The van der Waals surface area contributed by atoms with E-state index in [0.717, 1.165) is 38.0 Å². The van der Waals surface area contributed by atoms with Crippen LogP contribution >= 0.6 is 0 Å². The molecular formula is C16H30N2O. The second kappa shape index (κ2) is 6.74. The summed E-state index contributed by atoms with van der Waals surface area (Å²) in [5.74, 6) is 1.05. The molecule has 3 N–H and O–H groups in total. The maximum atomic E-state index is 12.6. The monoisotopic (exact) mass is 266 g/mol. The van der Waals surface area contributed by atoms with Gasteiger partial charge in [0.1, 0.15) is 0 Å². The third kappa shape index (κ3) is 3.50. The van der Waals surface area contributed by atoms with E-state index in [1.54, 1.807) is 0 Å². The smallest absolute Gasteiger partial charge is 0.227 e. The van der Waals surface area contributed by atoms with Gasteiger partial charge in [-0.15, -0.1) is 0 Å². The molecule has 0 aromatic carbocycles. The number of nitrogens with two attached hydrogens (primary N) is 1. The van der Waals surface area contributed by atoms with Gasteiger partial charge in [-0.25, -0.2) is 0 Å². The molecule has 0 heterocycles. The molecule has 2 unspecified atom stereocenters. The van der Waals surface area contributed by atoms with Gasteiger partial charge in [0.15, 0.2) is 0 Å². The summed E-state index contributed by atoms with van der Waals surface area (Å²) in [7, 11) is 0. The first-order valence-electron chi connectivity index (χ1n) is 8.21. The largest absolute Gasteiger partial charge is 0.353 e. The van der Waals surface area contributed by atoms with Gasteiger partial charge in [-0.1, -0.05) is 45.4 Å². The van der Waals surface area contributed by atoms with Crippen LogP contribution in [0.25, 0.3) is 0 Å². The summed E-state index contributed by atoms with van der Waals surface area (Å²) in [5.41, 5.74) is 5.68. The van der Waals surface area contributed by atoms with Crippen molar-refractivity contribution >= 4 is 5.91 Å². The third-order valence-electron chi connectivity index (χ3n) is 5.38. The lowest BCUT2D eigenvalue weighted by atomic mass is 9.73. The second-order valence-corrected chi connectivity index (χ2v) is 6.66. The van der Waals surface area contributed by atoms with Crippen LogP contribution in [0.4, 0.5) is 0 Å². The van der Waals surface area contributed by atoms with Crippen LogP contribution in [0.5, 0.6) is 0 Å². The fourth-order valence-electron chi connectivity index (χ4n) is 3.88. The highest BCUT2D eigenvalue weighted by molar-refractivity contribution is 5.83. The van der Waals surface area contributed by atoms with Crippen LogP contribution in [0.3, 0.4) is 0 Å². The second-order valence-electron chi connectivity index (χ2n) is 6.66. The van der Waals surface area contributed by atoms with E-state index in [1.807, 2.05) is 0 Å². The van der Waals surface area contributed by atoms with Crippen LogP contribution in [0.15, 0.2) is 0 Å². The molecule has 3 heteroatoms. The number of rotatable bonds is 4. The minimum atomic E-state index is -0.253. The van der Waals surface area contributed by atoms with Crippen molar-refractivity contribution < 1.29 is 4.79 Å². The van der Waals surface area contributed by atoms with Gasteiger partial charge < -0.3 is 11.1 Å². The molecule has 2 aliphatic rings. The van der Waals surface area contributed by atoms with E-state index >= 15 is 0 Å². The zero-order valence-electron chi connectivity index (χ0n) is 12.4. The summed E-state index contributed by atoms with van der Waals surface area (Å²) in [6.07, 6.45) is 11.7. The summed E-state index contributed by atoms with van der Waals surface area (Å²) in [6, 6.07) is 0.400. The van der Waals surface area contributed by atoms with Gasteiger partial charge in [-0.05, 0) is 31.6 Å². The van der Waals surface area contributed by atoms with Crippen molar-refractivity contribution in [2.24, 2.45) is 17.1 Å². The summed E-state index contributed by atoms with van der Waals surface area (Å²) >= 11 is 0. The summed E-state index contributed by atoms with van der Waals surface area (Å²) in [6.45, 7) is 2.78. The first-order valence-corrected chi connectivity index (χ1v) is 8.21. The van der Waals surface area contributed by atoms with Gasteiger partial charge >= 0.3 is 0 Å². The number of carbonyl (C=O) groups is 1. The van der Waals surface area contributed by atoms with E-state index in [1.165, 1.54) is 32.1 Å². The highest BCUT2D eigenvalue weighted by atomic mass is 16.2. The predicted octanol–water partition coefficient (Wildman–Crippen LogP) is 2.98. The number of hydrogen-bond acceptors (Lipinski definition) is 2. The Morgan fingerprint density at radius 3 is 2.58 bits per heavy atom. The summed E-state index contributed by atoms with van der Waals surface area (Å²) in [5, 5.41) is 3.33.